The molecule has 8 atom stereocenters. The van der Waals surface area contributed by atoms with E-state index in [1.807, 2.05) is 39.2 Å². The van der Waals surface area contributed by atoms with Crippen molar-refractivity contribution < 1.29 is 66.3 Å². The number of methoxy groups -OCH3 is 6. The molecule has 0 spiro atoms. The fourth-order valence-corrected chi connectivity index (χ4v) is 10.1. The lowest BCUT2D eigenvalue weighted by Crippen LogP contribution is -2.35. The molecule has 3 aromatic carbocycles. The number of fused-ring (bicyclic) bond motifs is 4. The molecule has 0 N–H and O–H groups in total. The highest BCUT2D eigenvalue weighted by Crippen LogP contribution is 2.48. The second-order valence-electron chi connectivity index (χ2n) is 20.9. The molecular formula is C72H108O14. The van der Waals surface area contributed by atoms with Crippen molar-refractivity contribution >= 4 is 0 Å². The zero-order valence-corrected chi connectivity index (χ0v) is 54.2. The summed E-state index contributed by atoms with van der Waals surface area (Å²) in [6, 6.07) is 21.1. The number of hydrogen-bond acceptors (Lipinski definition) is 14. The number of allylic oxidation sites excluding steroid dienone is 1. The van der Waals surface area contributed by atoms with Gasteiger partial charge in [-0.2, -0.15) is 0 Å². The average Bonchev–Trinajstić information content (AvgIpc) is 4.29. The van der Waals surface area contributed by atoms with Crippen LogP contribution in [0, 0.1) is 23.7 Å². The minimum atomic E-state index is 0.216. The molecule has 480 valence electrons. The smallest absolute Gasteiger partial charge is 0.168 e. The van der Waals surface area contributed by atoms with E-state index in [9.17, 15) is 0 Å². The van der Waals surface area contributed by atoms with Crippen molar-refractivity contribution in [3.8, 4) is 28.7 Å². The summed E-state index contributed by atoms with van der Waals surface area (Å²) in [6.07, 6.45) is 29.1. The maximum Gasteiger partial charge on any atom is 0.168 e. The molecule has 4 bridgehead atoms. The van der Waals surface area contributed by atoms with E-state index in [1.165, 1.54) is 113 Å². The Morgan fingerprint density at radius 1 is 0.512 bits per heavy atom. The second kappa shape index (κ2) is 48.8. The predicted molar refractivity (Wildman–Crippen MR) is 351 cm³/mol. The third kappa shape index (κ3) is 32.2. The Morgan fingerprint density at radius 3 is 1.50 bits per heavy atom. The number of rotatable bonds is 23. The van der Waals surface area contributed by atoms with Gasteiger partial charge in [0.1, 0.15) is 42.2 Å². The van der Waals surface area contributed by atoms with Crippen LogP contribution in [0.15, 0.2) is 195 Å². The lowest BCUT2D eigenvalue weighted by Gasteiger charge is -2.28. The summed E-state index contributed by atoms with van der Waals surface area (Å²) in [6.45, 7) is 46.5. The molecule has 86 heavy (non-hydrogen) atoms. The van der Waals surface area contributed by atoms with Gasteiger partial charge in [0.15, 0.2) is 11.5 Å². The van der Waals surface area contributed by atoms with Gasteiger partial charge in [0.05, 0.1) is 109 Å². The van der Waals surface area contributed by atoms with Crippen LogP contribution in [0.3, 0.4) is 0 Å². The van der Waals surface area contributed by atoms with Gasteiger partial charge < -0.3 is 66.3 Å². The molecule has 0 amide bonds. The van der Waals surface area contributed by atoms with E-state index in [-0.39, 0.29) is 11.5 Å². The first kappa shape index (κ1) is 78.6. The van der Waals surface area contributed by atoms with Crippen molar-refractivity contribution in [3.63, 3.8) is 0 Å². The molecule has 5 aliphatic rings. The van der Waals surface area contributed by atoms with Gasteiger partial charge in [0, 0.05) is 32.3 Å². The van der Waals surface area contributed by atoms with Gasteiger partial charge in [-0.05, 0) is 124 Å². The van der Waals surface area contributed by atoms with Crippen molar-refractivity contribution in [2.45, 2.75) is 148 Å². The molecule has 3 aromatic rings. The predicted octanol–water partition coefficient (Wildman–Crippen LogP) is 18.1. The number of hydrogen-bond donors (Lipinski definition) is 0. The van der Waals surface area contributed by atoms with Crippen molar-refractivity contribution in [2.75, 3.05) is 49.3 Å². The SMILES string of the molecule is C=C(C)OCc1ccc(C(C)(C)C)cc1.C=COC.C=COC.C=COC1C2CCC(C2)C1OC.C=COC1CC2CCC1C2OC=C.C=COCC.C=COc1ccc(OC=C)c(OC)c1.C=COc1cccc(OC)c1.COC1CCCCC1. The Bertz CT molecular complexity index is 2310. The van der Waals surface area contributed by atoms with Crippen LogP contribution >= 0.6 is 0 Å². The lowest BCUT2D eigenvalue weighted by molar-refractivity contribution is -0.0490. The van der Waals surface area contributed by atoms with Crippen LogP contribution in [0.5, 0.6) is 28.7 Å². The van der Waals surface area contributed by atoms with Crippen LogP contribution in [0.4, 0.5) is 0 Å². The van der Waals surface area contributed by atoms with E-state index in [0.717, 1.165) is 42.1 Å². The van der Waals surface area contributed by atoms with Crippen LogP contribution in [0.25, 0.3) is 0 Å². The van der Waals surface area contributed by atoms with Crippen molar-refractivity contribution in [2.24, 2.45) is 23.7 Å². The zero-order valence-electron chi connectivity index (χ0n) is 54.2. The van der Waals surface area contributed by atoms with E-state index < -0.39 is 0 Å². The molecule has 8 unspecified atom stereocenters. The van der Waals surface area contributed by atoms with Gasteiger partial charge in [-0.1, -0.05) is 136 Å². The summed E-state index contributed by atoms with van der Waals surface area (Å²) >= 11 is 0. The van der Waals surface area contributed by atoms with Crippen LogP contribution in [-0.4, -0.2) is 79.8 Å². The summed E-state index contributed by atoms with van der Waals surface area (Å²) in [4.78, 5) is 0. The molecule has 5 aliphatic carbocycles. The summed E-state index contributed by atoms with van der Waals surface area (Å²) < 4.78 is 71.0. The highest BCUT2D eigenvalue weighted by molar-refractivity contribution is 5.46. The largest absolute Gasteiger partial charge is 0.505 e. The van der Waals surface area contributed by atoms with Gasteiger partial charge in [0.25, 0.3) is 0 Å². The fourth-order valence-electron chi connectivity index (χ4n) is 10.1. The van der Waals surface area contributed by atoms with Crippen LogP contribution < -0.4 is 23.7 Å². The minimum Gasteiger partial charge on any atom is -0.505 e. The van der Waals surface area contributed by atoms with Gasteiger partial charge in [-0.3, -0.25) is 0 Å². The van der Waals surface area contributed by atoms with E-state index >= 15 is 0 Å². The van der Waals surface area contributed by atoms with Crippen molar-refractivity contribution in [3.05, 3.63) is 206 Å². The van der Waals surface area contributed by atoms with E-state index in [0.29, 0.717) is 60.1 Å². The van der Waals surface area contributed by atoms with Crippen molar-refractivity contribution in [1.29, 1.82) is 0 Å². The summed E-state index contributed by atoms with van der Waals surface area (Å²) in [5, 5.41) is 0. The standard InChI is InChI=1S/C14H20O.C11H12O3.C11H16O2.C10H16O2.C9H10O2.C7H14O.C4H8O.2C3H6O/c1-11(2)15-10-12-6-8-13(9-7-12)14(3,4)5;1-4-13-9-6-7-10(14-5-2)11(8-9)12-3;1-3-12-10-7-8-5-6-9(10)11(8)13-4-2;1-3-12-10-8-5-4-7(6-8)9(10)11-2;1-3-11-9-6-4-5-8(7-9)10-2;1-8-7-5-3-2-4-6-7;1-3-5-4-2;2*1-3-4-2/h6-9H,1,10H2,2-5H3;4-8H,1-2H2,3H3;3-4,8-11H,1-2,5-7H2;3,7-10H,1,4-6H2,2H3;3-7H,1H2,2H3;7H,2-6H2,1H3;3H,1,4H2,2H3;2*3H,1H2,2H3. The molecule has 5 fully saturated rings. The first-order valence-corrected chi connectivity index (χ1v) is 29.4. The zero-order chi connectivity index (χ0) is 64.5. The summed E-state index contributed by atoms with van der Waals surface area (Å²) in [7, 11) is 9.90. The molecule has 14 heteroatoms. The van der Waals surface area contributed by atoms with E-state index in [1.54, 1.807) is 78.6 Å². The van der Waals surface area contributed by atoms with Crippen LogP contribution in [-0.2, 0) is 54.7 Å². The second-order valence-corrected chi connectivity index (χ2v) is 20.9. The Kier molecular flexibility index (Phi) is 44.6. The highest BCUT2D eigenvalue weighted by Gasteiger charge is 2.50. The molecule has 5 saturated carbocycles. The number of ether oxygens (including phenoxy) is 14. The number of benzene rings is 3. The molecule has 0 heterocycles. The van der Waals surface area contributed by atoms with E-state index in [2.05, 4.69) is 125 Å². The van der Waals surface area contributed by atoms with E-state index in [4.69, 9.17) is 52.1 Å². The third-order valence-electron chi connectivity index (χ3n) is 14.2. The third-order valence-corrected chi connectivity index (χ3v) is 14.2. The van der Waals surface area contributed by atoms with Crippen LogP contribution in [0.1, 0.15) is 116 Å². The monoisotopic (exact) mass is 1200 g/mol. The van der Waals surface area contributed by atoms with Crippen LogP contribution in [0.2, 0.25) is 0 Å². The average molecular weight is 1200 g/mol. The molecular weight excluding hydrogens is 1090 g/mol. The molecule has 14 nitrogen and oxygen atoms in total. The molecule has 0 aromatic heterocycles. The van der Waals surface area contributed by atoms with Crippen molar-refractivity contribution in [1.82, 2.24) is 0 Å². The maximum atomic E-state index is 5.52. The first-order chi connectivity index (χ1) is 41.5. The Morgan fingerprint density at radius 2 is 1.05 bits per heavy atom. The highest BCUT2D eigenvalue weighted by atomic mass is 16.5. The Hall–Kier alpha value is -7.42. The molecule has 0 aliphatic heterocycles. The van der Waals surface area contributed by atoms with Gasteiger partial charge in [-0.15, -0.1) is 0 Å². The van der Waals surface area contributed by atoms with Gasteiger partial charge >= 0.3 is 0 Å². The van der Waals surface area contributed by atoms with Gasteiger partial charge in [0.2, 0.25) is 0 Å². The summed E-state index contributed by atoms with van der Waals surface area (Å²) in [5.74, 6) is 6.80. The molecule has 0 radical (unpaired) electrons. The maximum absolute atomic E-state index is 5.52. The van der Waals surface area contributed by atoms with Gasteiger partial charge in [-0.25, -0.2) is 0 Å². The quantitative estimate of drug-likeness (QED) is 0.0835. The normalized spacial score (nSPS) is 20.1. The molecule has 0 saturated heterocycles. The fraction of sp³-hybridized carbons (Fsp3) is 0.472. The Labute approximate surface area is 519 Å². The lowest BCUT2D eigenvalue weighted by atomic mass is 9.87. The minimum absolute atomic E-state index is 0.216. The topological polar surface area (TPSA) is 129 Å². The first-order valence-electron chi connectivity index (χ1n) is 29.4. The molecule has 8 rings (SSSR count). The Balaban J connectivity index is 0.000000973. The summed E-state index contributed by atoms with van der Waals surface area (Å²) in [5.41, 5.74) is 2.75.